The van der Waals surface area contributed by atoms with Crippen molar-refractivity contribution >= 4 is 5.84 Å². The highest BCUT2D eigenvalue weighted by atomic mass is 16.5. The summed E-state index contributed by atoms with van der Waals surface area (Å²) in [6, 6.07) is 0. The van der Waals surface area contributed by atoms with E-state index in [-0.39, 0.29) is 11.5 Å². The molecule has 14 heavy (non-hydrogen) atoms. The van der Waals surface area contributed by atoms with Crippen molar-refractivity contribution in [3.05, 3.63) is 0 Å². The molecule has 0 aliphatic rings. The number of aliphatic imine (C=N–C) groups is 1. The summed E-state index contributed by atoms with van der Waals surface area (Å²) in [5.74, 6) is 0.539. The van der Waals surface area contributed by atoms with Crippen molar-refractivity contribution in [3.8, 4) is 0 Å². The van der Waals surface area contributed by atoms with E-state index < -0.39 is 0 Å². The number of nitrogens with zero attached hydrogens (tertiary/aromatic N) is 1. The van der Waals surface area contributed by atoms with Gasteiger partial charge in [0, 0.05) is 14.2 Å². The van der Waals surface area contributed by atoms with Gasteiger partial charge in [-0.1, -0.05) is 20.8 Å². The molecule has 1 atom stereocenters. The van der Waals surface area contributed by atoms with Gasteiger partial charge in [0.1, 0.15) is 11.9 Å². The second kappa shape index (κ2) is 5.98. The lowest BCUT2D eigenvalue weighted by Crippen LogP contribution is -2.41. The van der Waals surface area contributed by atoms with E-state index >= 15 is 0 Å². The minimum absolute atomic E-state index is 0.0323. The standard InChI is InChI=1S/C10H22N2O2/c1-10(2,3)8(14-5)9(11)12-6-7-13-4/h8H,6-7H2,1-5H3,(H2,11,12). The fourth-order valence-electron chi connectivity index (χ4n) is 1.27. The van der Waals surface area contributed by atoms with Crippen molar-refractivity contribution in [1.29, 1.82) is 0 Å². The smallest absolute Gasteiger partial charge is 0.124 e. The fraction of sp³-hybridized carbons (Fsp3) is 0.900. The summed E-state index contributed by atoms with van der Waals surface area (Å²) in [6.07, 6.45) is -0.139. The quantitative estimate of drug-likeness (QED) is 0.412. The summed E-state index contributed by atoms with van der Waals surface area (Å²) in [5, 5.41) is 0. The first-order valence-electron chi connectivity index (χ1n) is 4.75. The van der Waals surface area contributed by atoms with Crippen molar-refractivity contribution in [3.63, 3.8) is 0 Å². The molecule has 0 fully saturated rings. The van der Waals surface area contributed by atoms with Gasteiger partial charge in [-0.25, -0.2) is 0 Å². The minimum atomic E-state index is -0.139. The normalized spacial score (nSPS) is 15.6. The molecule has 1 unspecified atom stereocenters. The van der Waals surface area contributed by atoms with Crippen molar-refractivity contribution < 1.29 is 9.47 Å². The van der Waals surface area contributed by atoms with Gasteiger partial charge in [-0.2, -0.15) is 0 Å². The predicted molar refractivity (Wildman–Crippen MR) is 58.6 cm³/mol. The molecule has 0 aromatic rings. The van der Waals surface area contributed by atoms with Crippen LogP contribution in [0.1, 0.15) is 20.8 Å². The predicted octanol–water partition coefficient (Wildman–Crippen LogP) is 1.05. The molecule has 2 N–H and O–H groups in total. The monoisotopic (exact) mass is 202 g/mol. The van der Waals surface area contributed by atoms with Gasteiger partial charge in [0.15, 0.2) is 0 Å². The van der Waals surface area contributed by atoms with Gasteiger partial charge in [-0.15, -0.1) is 0 Å². The van der Waals surface area contributed by atoms with Crippen LogP contribution in [0.3, 0.4) is 0 Å². The third-order valence-corrected chi connectivity index (χ3v) is 1.88. The Morgan fingerprint density at radius 1 is 1.36 bits per heavy atom. The molecular formula is C10H22N2O2. The van der Waals surface area contributed by atoms with Crippen molar-refractivity contribution in [2.75, 3.05) is 27.4 Å². The van der Waals surface area contributed by atoms with Crippen molar-refractivity contribution in [2.24, 2.45) is 16.1 Å². The fourth-order valence-corrected chi connectivity index (χ4v) is 1.27. The van der Waals surface area contributed by atoms with E-state index in [9.17, 15) is 0 Å². The van der Waals surface area contributed by atoms with Crippen LogP contribution in [0.5, 0.6) is 0 Å². The third kappa shape index (κ3) is 4.58. The Kier molecular flexibility index (Phi) is 5.72. The first-order chi connectivity index (χ1) is 6.43. The Labute approximate surface area is 86.5 Å². The zero-order valence-corrected chi connectivity index (χ0v) is 9.83. The van der Waals surface area contributed by atoms with Gasteiger partial charge < -0.3 is 15.2 Å². The molecule has 0 bridgehead atoms. The molecule has 0 spiro atoms. The lowest BCUT2D eigenvalue weighted by molar-refractivity contribution is 0.0671. The van der Waals surface area contributed by atoms with E-state index in [0.29, 0.717) is 19.0 Å². The Morgan fingerprint density at radius 3 is 2.29 bits per heavy atom. The summed E-state index contributed by atoms with van der Waals surface area (Å²) in [5.41, 5.74) is 5.79. The number of rotatable bonds is 5. The number of hydrogen-bond donors (Lipinski definition) is 1. The molecule has 4 heteroatoms. The van der Waals surface area contributed by atoms with Gasteiger partial charge in [0.2, 0.25) is 0 Å². The van der Waals surface area contributed by atoms with Crippen LogP contribution in [0, 0.1) is 5.41 Å². The number of hydrogen-bond acceptors (Lipinski definition) is 3. The van der Waals surface area contributed by atoms with E-state index in [0.717, 1.165) is 0 Å². The van der Waals surface area contributed by atoms with Crippen LogP contribution >= 0.6 is 0 Å². The molecule has 0 radical (unpaired) electrons. The molecule has 0 aliphatic heterocycles. The average Bonchev–Trinajstić information content (AvgIpc) is 2.03. The molecule has 0 rings (SSSR count). The number of amidine groups is 1. The summed E-state index contributed by atoms with van der Waals surface area (Å²) >= 11 is 0. The van der Waals surface area contributed by atoms with E-state index in [1.54, 1.807) is 14.2 Å². The van der Waals surface area contributed by atoms with Crippen LogP contribution in [0.2, 0.25) is 0 Å². The molecule has 0 aromatic carbocycles. The van der Waals surface area contributed by atoms with Crippen molar-refractivity contribution in [1.82, 2.24) is 0 Å². The maximum atomic E-state index is 5.82. The SMILES string of the molecule is COCCN=C(N)C(OC)C(C)(C)C. The molecule has 0 aromatic heterocycles. The molecule has 4 nitrogen and oxygen atoms in total. The number of nitrogens with two attached hydrogens (primary N) is 1. The highest BCUT2D eigenvalue weighted by molar-refractivity contribution is 5.85. The minimum Gasteiger partial charge on any atom is -0.385 e. The summed E-state index contributed by atoms with van der Waals surface area (Å²) in [7, 11) is 3.29. The van der Waals surface area contributed by atoms with Gasteiger partial charge in [-0.3, -0.25) is 4.99 Å². The average molecular weight is 202 g/mol. The summed E-state index contributed by atoms with van der Waals surface area (Å²) in [6.45, 7) is 7.37. The van der Waals surface area contributed by atoms with Crippen LogP contribution in [0.25, 0.3) is 0 Å². The lowest BCUT2D eigenvalue weighted by atomic mass is 9.88. The summed E-state index contributed by atoms with van der Waals surface area (Å²) in [4.78, 5) is 4.20. The Hall–Kier alpha value is -0.610. The van der Waals surface area contributed by atoms with Crippen LogP contribution in [0.15, 0.2) is 4.99 Å². The zero-order chi connectivity index (χ0) is 11.2. The zero-order valence-electron chi connectivity index (χ0n) is 9.83. The second-order valence-electron chi connectivity index (χ2n) is 4.28. The van der Waals surface area contributed by atoms with Gasteiger partial charge in [0.25, 0.3) is 0 Å². The van der Waals surface area contributed by atoms with E-state index in [2.05, 4.69) is 25.8 Å². The molecule has 0 amide bonds. The summed E-state index contributed by atoms with van der Waals surface area (Å²) < 4.78 is 10.2. The van der Waals surface area contributed by atoms with Crippen LogP contribution in [0.4, 0.5) is 0 Å². The lowest BCUT2D eigenvalue weighted by Gasteiger charge is -2.28. The van der Waals surface area contributed by atoms with Gasteiger partial charge in [-0.05, 0) is 5.41 Å². The molecule has 0 heterocycles. The van der Waals surface area contributed by atoms with Crippen LogP contribution < -0.4 is 5.73 Å². The Bertz CT molecular complexity index is 185. The maximum Gasteiger partial charge on any atom is 0.124 e. The molecule has 0 aliphatic carbocycles. The highest BCUT2D eigenvalue weighted by Crippen LogP contribution is 2.21. The van der Waals surface area contributed by atoms with Crippen LogP contribution in [-0.2, 0) is 9.47 Å². The molecule has 0 saturated carbocycles. The van der Waals surface area contributed by atoms with E-state index in [1.165, 1.54) is 0 Å². The first-order valence-corrected chi connectivity index (χ1v) is 4.75. The second-order valence-corrected chi connectivity index (χ2v) is 4.28. The van der Waals surface area contributed by atoms with Gasteiger partial charge >= 0.3 is 0 Å². The number of methoxy groups -OCH3 is 2. The van der Waals surface area contributed by atoms with Crippen molar-refractivity contribution in [2.45, 2.75) is 26.9 Å². The molecular weight excluding hydrogens is 180 g/mol. The topological polar surface area (TPSA) is 56.8 Å². The number of ether oxygens (including phenoxy) is 2. The maximum absolute atomic E-state index is 5.82. The van der Waals surface area contributed by atoms with E-state index in [1.807, 2.05) is 0 Å². The van der Waals surface area contributed by atoms with Crippen LogP contribution in [-0.4, -0.2) is 39.3 Å². The van der Waals surface area contributed by atoms with E-state index in [4.69, 9.17) is 15.2 Å². The molecule has 0 saturated heterocycles. The Balaban J connectivity index is 4.31. The van der Waals surface area contributed by atoms with Gasteiger partial charge in [0.05, 0.1) is 13.2 Å². The first kappa shape index (κ1) is 13.4. The largest absolute Gasteiger partial charge is 0.385 e. The highest BCUT2D eigenvalue weighted by Gasteiger charge is 2.27. The molecule has 84 valence electrons. The third-order valence-electron chi connectivity index (χ3n) is 1.88. The Morgan fingerprint density at radius 2 is 1.93 bits per heavy atom.